The van der Waals surface area contributed by atoms with E-state index < -0.39 is 0 Å². The minimum atomic E-state index is -0.251. The first kappa shape index (κ1) is 18.4. The standard InChI is InChI=1S/C20H21FN2O2S/c1-13(2)23(20(24)15-9-17(10-22)25-12-15)11-18-7-8-19(26-18)14-3-5-16(21)6-4-14/h3-9,12-13H,10-11,22H2,1-2H3. The third-order valence-corrected chi connectivity index (χ3v) is 5.22. The second kappa shape index (κ2) is 7.85. The molecule has 0 unspecified atom stereocenters. The average Bonchev–Trinajstić information content (AvgIpc) is 3.29. The van der Waals surface area contributed by atoms with Crippen molar-refractivity contribution in [3.8, 4) is 10.4 Å². The molecule has 3 aromatic rings. The zero-order chi connectivity index (χ0) is 18.7. The topological polar surface area (TPSA) is 59.5 Å². The number of hydrogen-bond donors (Lipinski definition) is 1. The SMILES string of the molecule is CC(C)N(Cc1ccc(-c2ccc(F)cc2)s1)C(=O)c1coc(CN)c1. The van der Waals surface area contributed by atoms with Crippen molar-refractivity contribution in [2.45, 2.75) is 33.0 Å². The summed E-state index contributed by atoms with van der Waals surface area (Å²) in [4.78, 5) is 16.7. The summed E-state index contributed by atoms with van der Waals surface area (Å²) in [7, 11) is 0. The first-order valence-corrected chi connectivity index (χ1v) is 9.22. The summed E-state index contributed by atoms with van der Waals surface area (Å²) in [6.07, 6.45) is 1.46. The molecule has 0 saturated carbocycles. The van der Waals surface area contributed by atoms with Gasteiger partial charge in [-0.15, -0.1) is 11.3 Å². The zero-order valence-corrected chi connectivity index (χ0v) is 15.6. The number of thiophene rings is 1. The van der Waals surface area contributed by atoms with Crippen LogP contribution in [0.5, 0.6) is 0 Å². The number of amides is 1. The maximum Gasteiger partial charge on any atom is 0.257 e. The number of benzene rings is 1. The monoisotopic (exact) mass is 372 g/mol. The molecule has 4 nitrogen and oxygen atoms in total. The van der Waals surface area contributed by atoms with E-state index in [1.54, 1.807) is 34.4 Å². The Bertz CT molecular complexity index is 883. The predicted octanol–water partition coefficient (Wildman–Crippen LogP) is 4.66. The van der Waals surface area contributed by atoms with Gasteiger partial charge in [0.15, 0.2) is 0 Å². The van der Waals surface area contributed by atoms with Crippen molar-refractivity contribution in [3.63, 3.8) is 0 Å². The van der Waals surface area contributed by atoms with Crippen molar-refractivity contribution < 1.29 is 13.6 Å². The van der Waals surface area contributed by atoms with Crippen LogP contribution in [0.3, 0.4) is 0 Å². The fourth-order valence-corrected chi connectivity index (χ4v) is 3.67. The lowest BCUT2D eigenvalue weighted by Gasteiger charge is -2.25. The first-order chi connectivity index (χ1) is 12.5. The summed E-state index contributed by atoms with van der Waals surface area (Å²) in [5.41, 5.74) is 7.02. The summed E-state index contributed by atoms with van der Waals surface area (Å²) in [5.74, 6) is 0.256. The fraction of sp³-hybridized carbons (Fsp3) is 0.250. The number of nitrogens with zero attached hydrogens (tertiary/aromatic N) is 1. The Morgan fingerprint density at radius 3 is 2.58 bits per heavy atom. The molecule has 0 bridgehead atoms. The number of rotatable bonds is 6. The van der Waals surface area contributed by atoms with E-state index in [2.05, 4.69) is 0 Å². The quantitative estimate of drug-likeness (QED) is 0.685. The van der Waals surface area contributed by atoms with Gasteiger partial charge in [0.2, 0.25) is 0 Å². The van der Waals surface area contributed by atoms with Gasteiger partial charge in [0.05, 0.1) is 18.7 Å². The van der Waals surface area contributed by atoms with Gasteiger partial charge in [-0.1, -0.05) is 12.1 Å². The Labute approximate surface area is 156 Å². The molecule has 3 rings (SSSR count). The molecule has 1 amide bonds. The molecule has 0 spiro atoms. The van der Waals surface area contributed by atoms with Crippen LogP contribution in [0.1, 0.15) is 34.8 Å². The molecule has 0 aliphatic carbocycles. The van der Waals surface area contributed by atoms with Crippen molar-refractivity contribution in [1.82, 2.24) is 4.90 Å². The predicted molar refractivity (Wildman–Crippen MR) is 101 cm³/mol. The molecule has 0 saturated heterocycles. The first-order valence-electron chi connectivity index (χ1n) is 8.41. The van der Waals surface area contributed by atoms with Gasteiger partial charge in [-0.05, 0) is 49.7 Å². The van der Waals surface area contributed by atoms with Crippen molar-refractivity contribution >= 4 is 17.2 Å². The highest BCUT2D eigenvalue weighted by Gasteiger charge is 2.21. The molecule has 0 radical (unpaired) electrons. The van der Waals surface area contributed by atoms with Gasteiger partial charge in [-0.2, -0.15) is 0 Å². The smallest absolute Gasteiger partial charge is 0.257 e. The molecular formula is C20H21FN2O2S. The van der Waals surface area contributed by atoms with Crippen LogP contribution in [0.2, 0.25) is 0 Å². The lowest BCUT2D eigenvalue weighted by Crippen LogP contribution is -2.35. The Balaban J connectivity index is 1.78. The van der Waals surface area contributed by atoms with Crippen LogP contribution in [0.15, 0.2) is 53.1 Å². The highest BCUT2D eigenvalue weighted by Crippen LogP contribution is 2.29. The minimum Gasteiger partial charge on any atom is -0.467 e. The van der Waals surface area contributed by atoms with Gasteiger partial charge in [0, 0.05) is 15.8 Å². The van der Waals surface area contributed by atoms with Gasteiger partial charge >= 0.3 is 0 Å². The van der Waals surface area contributed by atoms with Gasteiger partial charge in [0.1, 0.15) is 17.8 Å². The molecule has 6 heteroatoms. The molecule has 2 aromatic heterocycles. The lowest BCUT2D eigenvalue weighted by molar-refractivity contribution is 0.0691. The second-order valence-electron chi connectivity index (χ2n) is 6.31. The number of halogens is 1. The van der Waals surface area contributed by atoms with Crippen molar-refractivity contribution in [1.29, 1.82) is 0 Å². The Morgan fingerprint density at radius 1 is 1.23 bits per heavy atom. The summed E-state index contributed by atoms with van der Waals surface area (Å²) < 4.78 is 18.4. The second-order valence-corrected chi connectivity index (χ2v) is 7.47. The van der Waals surface area contributed by atoms with Crippen molar-refractivity contribution in [2.75, 3.05) is 0 Å². The average molecular weight is 372 g/mol. The lowest BCUT2D eigenvalue weighted by atomic mass is 10.2. The molecule has 1 aromatic carbocycles. The Morgan fingerprint density at radius 2 is 1.96 bits per heavy atom. The van der Waals surface area contributed by atoms with Crippen LogP contribution in [0, 0.1) is 5.82 Å². The molecular weight excluding hydrogens is 351 g/mol. The van der Waals surface area contributed by atoms with Crippen LogP contribution in [0.4, 0.5) is 4.39 Å². The summed E-state index contributed by atoms with van der Waals surface area (Å²) in [6.45, 7) is 4.74. The highest BCUT2D eigenvalue weighted by molar-refractivity contribution is 7.15. The normalized spacial score (nSPS) is 11.1. The number of carbonyl (C=O) groups is 1. The van der Waals surface area contributed by atoms with Crippen LogP contribution in [0.25, 0.3) is 10.4 Å². The third-order valence-electron chi connectivity index (χ3n) is 4.10. The maximum absolute atomic E-state index is 13.1. The number of hydrogen-bond acceptors (Lipinski definition) is 4. The molecule has 0 atom stereocenters. The van der Waals surface area contributed by atoms with Crippen molar-refractivity contribution in [2.24, 2.45) is 5.73 Å². The van der Waals surface area contributed by atoms with E-state index in [1.165, 1.54) is 18.4 Å². The van der Waals surface area contributed by atoms with Gasteiger partial charge in [0.25, 0.3) is 5.91 Å². The van der Waals surface area contributed by atoms with E-state index >= 15 is 0 Å². The molecule has 2 heterocycles. The van der Waals surface area contributed by atoms with Gasteiger partial charge in [-0.3, -0.25) is 4.79 Å². The molecule has 0 aliphatic rings. The van der Waals surface area contributed by atoms with Gasteiger partial charge < -0.3 is 15.1 Å². The fourth-order valence-electron chi connectivity index (χ4n) is 2.65. The zero-order valence-electron chi connectivity index (χ0n) is 14.7. The van der Waals surface area contributed by atoms with Crippen LogP contribution in [-0.4, -0.2) is 16.8 Å². The Hall–Kier alpha value is -2.44. The van der Waals surface area contributed by atoms with Gasteiger partial charge in [-0.25, -0.2) is 4.39 Å². The molecule has 0 aliphatic heterocycles. The van der Waals surface area contributed by atoms with E-state index in [-0.39, 0.29) is 24.3 Å². The molecule has 26 heavy (non-hydrogen) atoms. The molecule has 136 valence electrons. The van der Waals surface area contributed by atoms with E-state index in [0.29, 0.717) is 17.9 Å². The maximum atomic E-state index is 13.1. The van der Waals surface area contributed by atoms with E-state index in [9.17, 15) is 9.18 Å². The van der Waals surface area contributed by atoms with E-state index in [1.807, 2.05) is 26.0 Å². The third kappa shape index (κ3) is 4.03. The van der Waals surface area contributed by atoms with Crippen LogP contribution in [-0.2, 0) is 13.1 Å². The van der Waals surface area contributed by atoms with E-state index in [4.69, 9.17) is 10.2 Å². The van der Waals surface area contributed by atoms with Crippen LogP contribution < -0.4 is 5.73 Å². The molecule has 0 fully saturated rings. The molecule has 2 N–H and O–H groups in total. The van der Waals surface area contributed by atoms with Crippen LogP contribution >= 0.6 is 11.3 Å². The van der Waals surface area contributed by atoms with Crippen molar-refractivity contribution in [3.05, 3.63) is 70.7 Å². The number of nitrogens with two attached hydrogens (primary N) is 1. The summed E-state index contributed by atoms with van der Waals surface area (Å²) in [5, 5.41) is 0. The largest absolute Gasteiger partial charge is 0.467 e. The highest BCUT2D eigenvalue weighted by atomic mass is 32.1. The number of furan rings is 1. The summed E-state index contributed by atoms with van der Waals surface area (Å²) in [6, 6.07) is 12.2. The Kier molecular flexibility index (Phi) is 5.54. The van der Waals surface area contributed by atoms with E-state index in [0.717, 1.165) is 15.3 Å². The number of carbonyl (C=O) groups excluding carboxylic acids is 1. The minimum absolute atomic E-state index is 0.0371. The summed E-state index contributed by atoms with van der Waals surface area (Å²) >= 11 is 1.60.